The SMILES string of the molecule is C#Cc1ccccc1.Cn1cc(C=O)c2c(Br)ccnc21.Cn1cc(C=O)c2c(C#Cc3ccccc3)ccnc21. The van der Waals surface area contributed by atoms with Crippen LogP contribution in [0.25, 0.3) is 22.1 Å². The lowest BCUT2D eigenvalue weighted by Gasteiger charge is -1.97. The molecular formula is C34H25BrN4O2. The second kappa shape index (κ2) is 13.7. The summed E-state index contributed by atoms with van der Waals surface area (Å²) in [7, 11) is 3.74. The number of rotatable bonds is 2. The zero-order valence-electron chi connectivity index (χ0n) is 22.5. The molecule has 7 heteroatoms. The average molecular weight is 602 g/mol. The molecule has 0 spiro atoms. The summed E-state index contributed by atoms with van der Waals surface area (Å²) in [6.45, 7) is 0. The number of aryl methyl sites for hydroxylation is 2. The van der Waals surface area contributed by atoms with Crippen LogP contribution in [0.2, 0.25) is 0 Å². The Morgan fingerprint density at radius 2 is 1.22 bits per heavy atom. The van der Waals surface area contributed by atoms with E-state index in [4.69, 9.17) is 6.42 Å². The molecule has 0 saturated heterocycles. The smallest absolute Gasteiger partial charge is 0.152 e. The Labute approximate surface area is 246 Å². The number of aromatic nitrogens is 4. The molecule has 4 aromatic heterocycles. The molecule has 41 heavy (non-hydrogen) atoms. The molecule has 0 saturated carbocycles. The predicted molar refractivity (Wildman–Crippen MR) is 167 cm³/mol. The molecule has 0 aliphatic carbocycles. The summed E-state index contributed by atoms with van der Waals surface area (Å²) < 4.78 is 4.58. The first kappa shape index (κ1) is 28.8. The van der Waals surface area contributed by atoms with Gasteiger partial charge in [-0.3, -0.25) is 9.59 Å². The van der Waals surface area contributed by atoms with Crippen molar-refractivity contribution in [2.75, 3.05) is 0 Å². The van der Waals surface area contributed by atoms with Gasteiger partial charge in [0.2, 0.25) is 0 Å². The molecule has 2 aromatic carbocycles. The Morgan fingerprint density at radius 1 is 0.707 bits per heavy atom. The first-order chi connectivity index (χ1) is 20.0. The number of carbonyl (C=O) groups is 2. The van der Waals surface area contributed by atoms with Gasteiger partial charge in [-0.05, 0) is 52.3 Å². The molecule has 0 bridgehead atoms. The number of pyridine rings is 2. The summed E-state index contributed by atoms with van der Waals surface area (Å²) >= 11 is 3.39. The number of fused-ring (bicyclic) bond motifs is 2. The van der Waals surface area contributed by atoms with Crippen LogP contribution < -0.4 is 0 Å². The molecule has 6 aromatic rings. The molecule has 0 N–H and O–H groups in total. The van der Waals surface area contributed by atoms with Gasteiger partial charge < -0.3 is 9.13 Å². The van der Waals surface area contributed by atoms with Crippen molar-refractivity contribution in [3.8, 4) is 24.2 Å². The fourth-order valence-corrected chi connectivity index (χ4v) is 4.64. The van der Waals surface area contributed by atoms with Gasteiger partial charge in [0.15, 0.2) is 12.6 Å². The van der Waals surface area contributed by atoms with Gasteiger partial charge in [0.05, 0.1) is 0 Å². The van der Waals surface area contributed by atoms with Crippen molar-refractivity contribution in [2.45, 2.75) is 0 Å². The lowest BCUT2D eigenvalue weighted by atomic mass is 10.1. The van der Waals surface area contributed by atoms with E-state index in [9.17, 15) is 9.59 Å². The molecule has 0 amide bonds. The molecule has 6 nitrogen and oxygen atoms in total. The largest absolute Gasteiger partial charge is 0.335 e. The van der Waals surface area contributed by atoms with Gasteiger partial charge in [0.25, 0.3) is 0 Å². The molecule has 0 unspecified atom stereocenters. The van der Waals surface area contributed by atoms with Crippen molar-refractivity contribution in [2.24, 2.45) is 14.1 Å². The Bertz CT molecular complexity index is 1920. The van der Waals surface area contributed by atoms with Crippen LogP contribution in [-0.2, 0) is 14.1 Å². The number of carbonyl (C=O) groups excluding carboxylic acids is 2. The zero-order valence-corrected chi connectivity index (χ0v) is 24.0. The maximum atomic E-state index is 11.2. The van der Waals surface area contributed by atoms with Crippen LogP contribution in [0, 0.1) is 24.2 Å². The van der Waals surface area contributed by atoms with E-state index in [0.29, 0.717) is 11.1 Å². The standard InChI is InChI=1S/C17H12N2O.C9H7BrN2O.C8H6/c1-19-11-15(12-20)16-14(9-10-18-17(16)19)8-7-13-5-3-2-4-6-13;1-12-4-6(5-13)8-7(10)2-3-11-9(8)12;1-2-8-6-4-3-5-7-8/h2-6,9-12H,1H3;2-5H,1H3;1,3-7H. The predicted octanol–water partition coefficient (Wildman–Crippen LogP) is 6.60. The average Bonchev–Trinajstić information content (AvgIpc) is 3.54. The van der Waals surface area contributed by atoms with Crippen molar-refractivity contribution < 1.29 is 9.59 Å². The number of hydrogen-bond acceptors (Lipinski definition) is 4. The Kier molecular flexibility index (Phi) is 9.62. The number of nitrogens with zero attached hydrogens (tertiary/aromatic N) is 4. The first-order valence-electron chi connectivity index (χ1n) is 12.5. The molecule has 0 radical (unpaired) electrons. The molecule has 0 aliphatic rings. The van der Waals surface area contributed by atoms with Gasteiger partial charge in [-0.15, -0.1) is 6.42 Å². The molecular weight excluding hydrogens is 576 g/mol. The van der Waals surface area contributed by atoms with E-state index in [1.54, 1.807) is 24.8 Å². The third-order valence-corrected chi connectivity index (χ3v) is 6.69. The summed E-state index contributed by atoms with van der Waals surface area (Å²) in [5.41, 5.74) is 5.57. The van der Waals surface area contributed by atoms with Crippen LogP contribution in [0.15, 0.2) is 102 Å². The number of terminal acetylenes is 1. The van der Waals surface area contributed by atoms with Gasteiger partial charge in [0, 0.05) is 81.9 Å². The summed E-state index contributed by atoms with van der Waals surface area (Å²) in [6.07, 6.45) is 13.8. The minimum Gasteiger partial charge on any atom is -0.335 e. The molecule has 0 aliphatic heterocycles. The number of hydrogen-bond donors (Lipinski definition) is 0. The van der Waals surface area contributed by atoms with Crippen LogP contribution in [-0.4, -0.2) is 31.7 Å². The third-order valence-electron chi connectivity index (χ3n) is 6.03. The van der Waals surface area contributed by atoms with Crippen LogP contribution in [0.3, 0.4) is 0 Å². The second-order valence-electron chi connectivity index (χ2n) is 8.80. The highest BCUT2D eigenvalue weighted by Gasteiger charge is 2.10. The number of aldehydes is 2. The maximum absolute atomic E-state index is 11.2. The topological polar surface area (TPSA) is 69.8 Å². The summed E-state index contributed by atoms with van der Waals surface area (Å²) in [6, 6.07) is 23.0. The molecule has 0 fully saturated rings. The zero-order chi connectivity index (χ0) is 29.2. The van der Waals surface area contributed by atoms with Gasteiger partial charge in [-0.2, -0.15) is 0 Å². The van der Waals surface area contributed by atoms with Gasteiger partial charge in [-0.1, -0.05) is 54.2 Å². The maximum Gasteiger partial charge on any atom is 0.152 e. The summed E-state index contributed by atoms with van der Waals surface area (Å²) in [4.78, 5) is 30.4. The van der Waals surface area contributed by atoms with Crippen molar-refractivity contribution in [1.82, 2.24) is 19.1 Å². The highest BCUT2D eigenvalue weighted by atomic mass is 79.9. The second-order valence-corrected chi connectivity index (χ2v) is 9.66. The Morgan fingerprint density at radius 3 is 1.76 bits per heavy atom. The normalized spacial score (nSPS) is 9.80. The van der Waals surface area contributed by atoms with Crippen LogP contribution in [0.5, 0.6) is 0 Å². The van der Waals surface area contributed by atoms with E-state index in [-0.39, 0.29) is 0 Å². The Hall–Kier alpha value is -5.24. The third kappa shape index (κ3) is 6.86. The quantitative estimate of drug-likeness (QED) is 0.166. The van der Waals surface area contributed by atoms with Crippen molar-refractivity contribution >= 4 is 50.6 Å². The van der Waals surface area contributed by atoms with E-state index in [1.165, 1.54) is 0 Å². The van der Waals surface area contributed by atoms with Crippen LogP contribution >= 0.6 is 15.9 Å². The van der Waals surface area contributed by atoms with Gasteiger partial charge >= 0.3 is 0 Å². The van der Waals surface area contributed by atoms with E-state index in [1.807, 2.05) is 96.0 Å². The van der Waals surface area contributed by atoms with Gasteiger partial charge in [-0.25, -0.2) is 9.97 Å². The number of halogens is 1. The van der Waals surface area contributed by atoms with E-state index >= 15 is 0 Å². The molecule has 4 heterocycles. The highest BCUT2D eigenvalue weighted by molar-refractivity contribution is 9.10. The molecule has 200 valence electrons. The summed E-state index contributed by atoms with van der Waals surface area (Å²) in [5, 5.41) is 1.69. The highest BCUT2D eigenvalue weighted by Crippen LogP contribution is 2.25. The molecule has 0 atom stereocenters. The van der Waals surface area contributed by atoms with Crippen molar-refractivity contribution in [1.29, 1.82) is 0 Å². The van der Waals surface area contributed by atoms with Gasteiger partial charge in [0.1, 0.15) is 11.3 Å². The monoisotopic (exact) mass is 600 g/mol. The van der Waals surface area contributed by atoms with Crippen LogP contribution in [0.4, 0.5) is 0 Å². The van der Waals surface area contributed by atoms with Crippen molar-refractivity contribution in [3.05, 3.63) is 130 Å². The Balaban J connectivity index is 0.000000158. The minimum atomic E-state index is 0.618. The van der Waals surface area contributed by atoms with Crippen LogP contribution in [0.1, 0.15) is 37.4 Å². The minimum absolute atomic E-state index is 0.618. The lowest BCUT2D eigenvalue weighted by molar-refractivity contribution is 0.111. The summed E-state index contributed by atoms with van der Waals surface area (Å²) in [5.74, 6) is 8.77. The van der Waals surface area contributed by atoms with E-state index in [2.05, 4.69) is 43.7 Å². The fraction of sp³-hybridized carbons (Fsp3) is 0.0588. The molecule has 6 rings (SSSR count). The van der Waals surface area contributed by atoms with E-state index in [0.717, 1.165) is 55.8 Å². The fourth-order valence-electron chi connectivity index (χ4n) is 4.11. The van der Waals surface area contributed by atoms with E-state index < -0.39 is 0 Å². The van der Waals surface area contributed by atoms with Crippen molar-refractivity contribution in [3.63, 3.8) is 0 Å². The first-order valence-corrected chi connectivity index (χ1v) is 13.3. The number of benzene rings is 2. The lowest BCUT2D eigenvalue weighted by Crippen LogP contribution is -1.88.